The van der Waals surface area contributed by atoms with Crippen molar-refractivity contribution >= 4 is 11.6 Å². The Kier molecular flexibility index (Phi) is 3.69. The summed E-state index contributed by atoms with van der Waals surface area (Å²) < 4.78 is 5.45. The maximum atomic E-state index is 12.5. The zero-order valence-corrected chi connectivity index (χ0v) is 12.5. The van der Waals surface area contributed by atoms with Crippen molar-refractivity contribution in [2.45, 2.75) is 12.3 Å². The smallest absolute Gasteiger partial charge is 0.253 e. The summed E-state index contributed by atoms with van der Waals surface area (Å²) in [5, 5.41) is 0. The van der Waals surface area contributed by atoms with Gasteiger partial charge in [-0.2, -0.15) is 0 Å². The van der Waals surface area contributed by atoms with E-state index in [1.165, 1.54) is 0 Å². The van der Waals surface area contributed by atoms with Gasteiger partial charge in [0.2, 0.25) is 0 Å². The lowest BCUT2D eigenvalue weighted by atomic mass is 10.1. The van der Waals surface area contributed by atoms with Crippen molar-refractivity contribution < 1.29 is 9.21 Å². The van der Waals surface area contributed by atoms with Crippen LogP contribution in [-0.2, 0) is 0 Å². The van der Waals surface area contributed by atoms with E-state index in [1.54, 1.807) is 6.26 Å². The van der Waals surface area contributed by atoms with E-state index in [1.807, 2.05) is 60.3 Å². The summed E-state index contributed by atoms with van der Waals surface area (Å²) >= 11 is 0. The zero-order valence-electron chi connectivity index (χ0n) is 12.5. The molecule has 110 valence electrons. The van der Waals surface area contributed by atoms with Crippen molar-refractivity contribution in [3.05, 3.63) is 54.0 Å². The fourth-order valence-electron chi connectivity index (χ4n) is 2.79. The maximum absolute atomic E-state index is 12.5. The van der Waals surface area contributed by atoms with E-state index in [-0.39, 0.29) is 5.91 Å². The summed E-state index contributed by atoms with van der Waals surface area (Å²) in [6.45, 7) is 1.53. The van der Waals surface area contributed by atoms with Crippen LogP contribution in [0.1, 0.15) is 28.5 Å². The highest BCUT2D eigenvalue weighted by molar-refractivity contribution is 5.94. The molecule has 1 aliphatic rings. The summed E-state index contributed by atoms with van der Waals surface area (Å²) in [6, 6.07) is 11.7. The van der Waals surface area contributed by atoms with Crippen LogP contribution < -0.4 is 4.90 Å². The Morgan fingerprint density at radius 3 is 2.62 bits per heavy atom. The van der Waals surface area contributed by atoms with Crippen LogP contribution in [-0.4, -0.2) is 38.0 Å². The molecular weight excluding hydrogens is 264 g/mol. The molecule has 3 rings (SSSR count). The number of carbonyl (C=O) groups is 1. The van der Waals surface area contributed by atoms with Gasteiger partial charge >= 0.3 is 0 Å². The monoisotopic (exact) mass is 284 g/mol. The molecule has 1 saturated heterocycles. The second-order valence-corrected chi connectivity index (χ2v) is 5.69. The average molecular weight is 284 g/mol. The van der Waals surface area contributed by atoms with Crippen LogP contribution in [0.5, 0.6) is 0 Å². The lowest BCUT2D eigenvalue weighted by molar-refractivity contribution is 0.0790. The van der Waals surface area contributed by atoms with Crippen LogP contribution in [0.2, 0.25) is 0 Å². The number of benzene rings is 1. The Labute approximate surface area is 125 Å². The van der Waals surface area contributed by atoms with Crippen LogP contribution in [0.25, 0.3) is 0 Å². The van der Waals surface area contributed by atoms with Gasteiger partial charge in [0.25, 0.3) is 5.91 Å². The van der Waals surface area contributed by atoms with Crippen LogP contribution in [0.3, 0.4) is 0 Å². The predicted molar refractivity (Wildman–Crippen MR) is 82.7 cm³/mol. The van der Waals surface area contributed by atoms with Crippen molar-refractivity contribution in [3.8, 4) is 0 Å². The number of amides is 1. The summed E-state index contributed by atoms with van der Waals surface area (Å²) in [5.41, 5.74) is 1.85. The molecule has 0 radical (unpaired) electrons. The molecule has 0 bridgehead atoms. The Hall–Kier alpha value is -2.23. The molecule has 1 aromatic carbocycles. The number of nitrogens with zero attached hydrogens (tertiary/aromatic N) is 2. The van der Waals surface area contributed by atoms with Gasteiger partial charge < -0.3 is 14.2 Å². The second kappa shape index (κ2) is 5.64. The molecule has 1 fully saturated rings. The van der Waals surface area contributed by atoms with Crippen LogP contribution >= 0.6 is 0 Å². The first-order valence-electron chi connectivity index (χ1n) is 7.25. The topological polar surface area (TPSA) is 36.7 Å². The van der Waals surface area contributed by atoms with E-state index in [9.17, 15) is 4.79 Å². The van der Waals surface area contributed by atoms with Gasteiger partial charge in [-0.25, -0.2) is 0 Å². The molecule has 1 aromatic heterocycles. The molecule has 1 aliphatic heterocycles. The predicted octanol–water partition coefficient (Wildman–Crippen LogP) is 2.98. The number of anilines is 1. The van der Waals surface area contributed by atoms with Crippen molar-refractivity contribution in [1.82, 2.24) is 4.90 Å². The van der Waals surface area contributed by atoms with Gasteiger partial charge in [-0.1, -0.05) is 0 Å². The molecule has 1 atom stereocenters. The Balaban J connectivity index is 1.68. The van der Waals surface area contributed by atoms with Gasteiger partial charge in [-0.15, -0.1) is 0 Å². The summed E-state index contributed by atoms with van der Waals surface area (Å²) in [4.78, 5) is 16.5. The van der Waals surface area contributed by atoms with Crippen LogP contribution in [0, 0.1) is 0 Å². The summed E-state index contributed by atoms with van der Waals surface area (Å²) in [7, 11) is 3.98. The molecule has 2 heterocycles. The van der Waals surface area contributed by atoms with E-state index in [2.05, 4.69) is 0 Å². The molecule has 0 spiro atoms. The number of rotatable bonds is 3. The molecular formula is C17H20N2O2. The van der Waals surface area contributed by atoms with Crippen molar-refractivity contribution in [1.29, 1.82) is 0 Å². The normalized spacial score (nSPS) is 18.0. The lowest BCUT2D eigenvalue weighted by Gasteiger charge is -2.17. The quantitative estimate of drug-likeness (QED) is 0.869. The minimum atomic E-state index is 0.106. The summed E-state index contributed by atoms with van der Waals surface area (Å²) in [6.07, 6.45) is 2.66. The standard InChI is InChI=1S/C17H20N2O2/c1-18(2)15-7-5-13(6-8-15)17(20)19-10-9-14(12-19)16-4-3-11-21-16/h3-8,11,14H,9-10,12H2,1-2H3. The van der Waals surface area contributed by atoms with Gasteiger partial charge in [0.1, 0.15) is 5.76 Å². The molecule has 4 heteroatoms. The van der Waals surface area contributed by atoms with E-state index >= 15 is 0 Å². The fraction of sp³-hybridized carbons (Fsp3) is 0.353. The van der Waals surface area contributed by atoms with Crippen molar-refractivity contribution in [3.63, 3.8) is 0 Å². The largest absolute Gasteiger partial charge is 0.469 e. The minimum absolute atomic E-state index is 0.106. The SMILES string of the molecule is CN(C)c1ccc(C(=O)N2CCC(c3ccco3)C2)cc1. The molecule has 4 nitrogen and oxygen atoms in total. The van der Waals surface area contributed by atoms with E-state index < -0.39 is 0 Å². The Bertz CT molecular complexity index is 602. The first-order valence-corrected chi connectivity index (χ1v) is 7.25. The highest BCUT2D eigenvalue weighted by Crippen LogP contribution is 2.28. The number of likely N-dealkylation sites (tertiary alicyclic amines) is 1. The van der Waals surface area contributed by atoms with Crippen molar-refractivity contribution in [2.24, 2.45) is 0 Å². The highest BCUT2D eigenvalue weighted by Gasteiger charge is 2.29. The van der Waals surface area contributed by atoms with Gasteiger partial charge in [-0.3, -0.25) is 4.79 Å². The van der Waals surface area contributed by atoms with E-state index in [0.29, 0.717) is 5.92 Å². The molecule has 21 heavy (non-hydrogen) atoms. The third-order valence-corrected chi connectivity index (χ3v) is 4.05. The van der Waals surface area contributed by atoms with Gasteiger partial charge in [-0.05, 0) is 42.8 Å². The average Bonchev–Trinajstić information content (AvgIpc) is 3.17. The van der Waals surface area contributed by atoms with Gasteiger partial charge in [0, 0.05) is 44.4 Å². The maximum Gasteiger partial charge on any atom is 0.253 e. The third kappa shape index (κ3) is 2.79. The lowest BCUT2D eigenvalue weighted by Crippen LogP contribution is -2.28. The number of carbonyl (C=O) groups excluding carboxylic acids is 1. The van der Waals surface area contributed by atoms with E-state index in [4.69, 9.17) is 4.42 Å². The van der Waals surface area contributed by atoms with Gasteiger partial charge in [0.05, 0.1) is 6.26 Å². The van der Waals surface area contributed by atoms with Crippen LogP contribution in [0.4, 0.5) is 5.69 Å². The number of hydrogen-bond acceptors (Lipinski definition) is 3. The first-order chi connectivity index (χ1) is 10.1. The van der Waals surface area contributed by atoms with E-state index in [0.717, 1.165) is 36.5 Å². The number of hydrogen-bond donors (Lipinski definition) is 0. The fourth-order valence-corrected chi connectivity index (χ4v) is 2.79. The molecule has 1 amide bonds. The Morgan fingerprint density at radius 2 is 2.00 bits per heavy atom. The molecule has 0 N–H and O–H groups in total. The summed E-state index contributed by atoms with van der Waals surface area (Å²) in [5.74, 6) is 1.41. The van der Waals surface area contributed by atoms with Gasteiger partial charge in [0.15, 0.2) is 0 Å². The highest BCUT2D eigenvalue weighted by atomic mass is 16.3. The minimum Gasteiger partial charge on any atom is -0.469 e. The first kappa shape index (κ1) is 13.7. The third-order valence-electron chi connectivity index (χ3n) is 4.05. The number of furan rings is 1. The molecule has 0 aliphatic carbocycles. The van der Waals surface area contributed by atoms with Crippen LogP contribution in [0.15, 0.2) is 47.1 Å². The molecule has 1 unspecified atom stereocenters. The molecule has 2 aromatic rings. The Morgan fingerprint density at radius 1 is 1.24 bits per heavy atom. The molecule has 0 saturated carbocycles. The van der Waals surface area contributed by atoms with Crippen molar-refractivity contribution in [2.75, 3.05) is 32.1 Å². The second-order valence-electron chi connectivity index (χ2n) is 5.69. The zero-order chi connectivity index (χ0) is 14.8.